The molecule has 0 heterocycles. The minimum Gasteiger partial charge on any atom is -0.466 e. The molecule has 0 rings (SSSR count). The Hall–Kier alpha value is -1.32. The number of amides is 1. The maximum absolute atomic E-state index is 11.3. The minimum absolute atomic E-state index is 0.124. The number of esters is 1. The largest absolute Gasteiger partial charge is 0.466 e. The monoisotopic (exact) mass is 213 g/mol. The zero-order chi connectivity index (χ0) is 11.7. The standard InChI is InChI=1S/C11H19NO3/c1-4-6-9(3)11(14)12-8-7-10(13)15-5-2/h6H,4-5,7-8H2,1-3H3,(H,12,14)/b9-6+. The molecule has 0 bridgehead atoms. The van der Waals surface area contributed by atoms with Gasteiger partial charge in [0.25, 0.3) is 0 Å². The number of hydrogen-bond donors (Lipinski definition) is 1. The average molecular weight is 213 g/mol. The fraction of sp³-hybridized carbons (Fsp3) is 0.636. The van der Waals surface area contributed by atoms with Gasteiger partial charge in [-0.1, -0.05) is 13.0 Å². The predicted molar refractivity (Wildman–Crippen MR) is 58.3 cm³/mol. The van der Waals surface area contributed by atoms with E-state index in [0.717, 1.165) is 6.42 Å². The van der Waals surface area contributed by atoms with Crippen LogP contribution in [0.2, 0.25) is 0 Å². The highest BCUT2D eigenvalue weighted by Crippen LogP contribution is 1.94. The van der Waals surface area contributed by atoms with Crippen LogP contribution in [0.3, 0.4) is 0 Å². The van der Waals surface area contributed by atoms with Crippen molar-refractivity contribution in [1.82, 2.24) is 5.32 Å². The predicted octanol–water partition coefficient (Wildman–Crippen LogP) is 1.41. The van der Waals surface area contributed by atoms with Gasteiger partial charge >= 0.3 is 5.97 Å². The fourth-order valence-corrected chi connectivity index (χ4v) is 1.05. The van der Waals surface area contributed by atoms with Crippen LogP contribution in [-0.2, 0) is 14.3 Å². The second-order valence-electron chi connectivity index (χ2n) is 3.11. The van der Waals surface area contributed by atoms with Crippen LogP contribution >= 0.6 is 0 Å². The molecule has 4 heteroatoms. The number of rotatable bonds is 6. The first-order valence-electron chi connectivity index (χ1n) is 5.22. The highest BCUT2D eigenvalue weighted by molar-refractivity contribution is 5.92. The molecule has 86 valence electrons. The molecule has 15 heavy (non-hydrogen) atoms. The number of carbonyl (C=O) groups is 2. The molecule has 0 fully saturated rings. The topological polar surface area (TPSA) is 55.4 Å². The summed E-state index contributed by atoms with van der Waals surface area (Å²) >= 11 is 0. The van der Waals surface area contributed by atoms with E-state index in [2.05, 4.69) is 5.32 Å². The van der Waals surface area contributed by atoms with E-state index in [-0.39, 0.29) is 18.3 Å². The summed E-state index contributed by atoms with van der Waals surface area (Å²) in [4.78, 5) is 22.3. The van der Waals surface area contributed by atoms with Crippen molar-refractivity contribution in [2.24, 2.45) is 0 Å². The molecule has 0 aromatic carbocycles. The first-order chi connectivity index (χ1) is 7.11. The molecule has 0 aromatic heterocycles. The van der Waals surface area contributed by atoms with E-state index in [1.54, 1.807) is 13.8 Å². The van der Waals surface area contributed by atoms with E-state index in [1.807, 2.05) is 13.0 Å². The highest BCUT2D eigenvalue weighted by atomic mass is 16.5. The van der Waals surface area contributed by atoms with Gasteiger partial charge in [-0.2, -0.15) is 0 Å². The maximum Gasteiger partial charge on any atom is 0.307 e. The number of nitrogens with one attached hydrogen (secondary N) is 1. The summed E-state index contributed by atoms with van der Waals surface area (Å²) < 4.78 is 4.73. The molecular formula is C11H19NO3. The normalized spacial score (nSPS) is 11.0. The van der Waals surface area contributed by atoms with E-state index in [9.17, 15) is 9.59 Å². The lowest BCUT2D eigenvalue weighted by Gasteiger charge is -2.04. The Morgan fingerprint density at radius 2 is 2.00 bits per heavy atom. The summed E-state index contributed by atoms with van der Waals surface area (Å²) in [6, 6.07) is 0. The summed E-state index contributed by atoms with van der Waals surface area (Å²) in [7, 11) is 0. The summed E-state index contributed by atoms with van der Waals surface area (Å²) in [5.41, 5.74) is 0.682. The molecule has 0 spiro atoms. The van der Waals surface area contributed by atoms with Crippen molar-refractivity contribution >= 4 is 11.9 Å². The van der Waals surface area contributed by atoms with Gasteiger partial charge in [0.05, 0.1) is 13.0 Å². The van der Waals surface area contributed by atoms with Crippen LogP contribution < -0.4 is 5.32 Å². The van der Waals surface area contributed by atoms with Crippen molar-refractivity contribution in [3.63, 3.8) is 0 Å². The van der Waals surface area contributed by atoms with Gasteiger partial charge in [0.1, 0.15) is 0 Å². The average Bonchev–Trinajstić information content (AvgIpc) is 2.18. The summed E-state index contributed by atoms with van der Waals surface area (Å²) in [5.74, 6) is -0.406. The highest BCUT2D eigenvalue weighted by Gasteiger charge is 2.05. The number of ether oxygens (including phenoxy) is 1. The van der Waals surface area contributed by atoms with Crippen molar-refractivity contribution in [2.75, 3.05) is 13.2 Å². The molecule has 0 saturated carbocycles. The van der Waals surface area contributed by atoms with Gasteiger partial charge in [0, 0.05) is 12.1 Å². The third-order valence-corrected chi connectivity index (χ3v) is 1.79. The Kier molecular flexibility index (Phi) is 7.32. The Morgan fingerprint density at radius 3 is 2.53 bits per heavy atom. The number of carbonyl (C=O) groups excluding carboxylic acids is 2. The van der Waals surface area contributed by atoms with Crippen LogP contribution in [0, 0.1) is 0 Å². The second-order valence-corrected chi connectivity index (χ2v) is 3.11. The van der Waals surface area contributed by atoms with Gasteiger partial charge < -0.3 is 10.1 Å². The van der Waals surface area contributed by atoms with Crippen LogP contribution in [0.15, 0.2) is 11.6 Å². The van der Waals surface area contributed by atoms with Gasteiger partial charge in [0.15, 0.2) is 0 Å². The van der Waals surface area contributed by atoms with Crippen LogP contribution in [0.25, 0.3) is 0 Å². The molecule has 1 amide bonds. The molecule has 1 N–H and O–H groups in total. The van der Waals surface area contributed by atoms with Crippen LogP contribution in [0.4, 0.5) is 0 Å². The molecule has 0 unspecified atom stereocenters. The molecule has 4 nitrogen and oxygen atoms in total. The van der Waals surface area contributed by atoms with Crippen molar-refractivity contribution in [3.8, 4) is 0 Å². The van der Waals surface area contributed by atoms with Crippen LogP contribution in [0.1, 0.15) is 33.6 Å². The fourth-order valence-electron chi connectivity index (χ4n) is 1.05. The van der Waals surface area contributed by atoms with Gasteiger partial charge in [0.2, 0.25) is 5.91 Å². The number of allylic oxidation sites excluding steroid dienone is 1. The quantitative estimate of drug-likeness (QED) is 0.536. The zero-order valence-electron chi connectivity index (χ0n) is 9.63. The first kappa shape index (κ1) is 13.7. The minimum atomic E-state index is -0.282. The Balaban J connectivity index is 3.73. The van der Waals surface area contributed by atoms with Crippen molar-refractivity contribution in [2.45, 2.75) is 33.6 Å². The van der Waals surface area contributed by atoms with E-state index >= 15 is 0 Å². The van der Waals surface area contributed by atoms with Crippen molar-refractivity contribution in [3.05, 3.63) is 11.6 Å². The van der Waals surface area contributed by atoms with Gasteiger partial charge in [-0.25, -0.2) is 0 Å². The van der Waals surface area contributed by atoms with E-state index in [0.29, 0.717) is 18.7 Å². The van der Waals surface area contributed by atoms with Gasteiger partial charge in [-0.15, -0.1) is 0 Å². The van der Waals surface area contributed by atoms with Crippen molar-refractivity contribution < 1.29 is 14.3 Å². The summed E-state index contributed by atoms with van der Waals surface area (Å²) in [6.45, 7) is 6.18. The Morgan fingerprint density at radius 1 is 1.33 bits per heavy atom. The first-order valence-corrected chi connectivity index (χ1v) is 5.22. The van der Waals surface area contributed by atoms with E-state index in [1.165, 1.54) is 0 Å². The maximum atomic E-state index is 11.3. The molecule has 0 aliphatic rings. The SMILES string of the molecule is CC/C=C(\C)C(=O)NCCC(=O)OCC. The molecule has 0 saturated heterocycles. The third kappa shape index (κ3) is 6.71. The lowest BCUT2D eigenvalue weighted by Crippen LogP contribution is -2.27. The van der Waals surface area contributed by atoms with Crippen molar-refractivity contribution in [1.29, 1.82) is 0 Å². The third-order valence-electron chi connectivity index (χ3n) is 1.79. The lowest BCUT2D eigenvalue weighted by atomic mass is 10.2. The smallest absolute Gasteiger partial charge is 0.307 e. The lowest BCUT2D eigenvalue weighted by molar-refractivity contribution is -0.142. The van der Waals surface area contributed by atoms with E-state index in [4.69, 9.17) is 4.74 Å². The zero-order valence-corrected chi connectivity index (χ0v) is 9.63. The summed E-state index contributed by atoms with van der Waals surface area (Å²) in [6.07, 6.45) is 2.90. The van der Waals surface area contributed by atoms with Crippen LogP contribution in [-0.4, -0.2) is 25.0 Å². The molecule has 0 aliphatic carbocycles. The van der Waals surface area contributed by atoms with Crippen LogP contribution in [0.5, 0.6) is 0 Å². The van der Waals surface area contributed by atoms with E-state index < -0.39 is 0 Å². The Labute approximate surface area is 90.7 Å². The molecular weight excluding hydrogens is 194 g/mol. The molecule has 0 atom stereocenters. The molecule has 0 radical (unpaired) electrons. The van der Waals surface area contributed by atoms with Gasteiger partial charge in [-0.05, 0) is 20.3 Å². The second kappa shape index (κ2) is 8.03. The molecule has 0 aliphatic heterocycles. The number of hydrogen-bond acceptors (Lipinski definition) is 3. The summed E-state index contributed by atoms with van der Waals surface area (Å²) in [5, 5.41) is 2.65. The van der Waals surface area contributed by atoms with Gasteiger partial charge in [-0.3, -0.25) is 9.59 Å². The Bertz CT molecular complexity index is 246. The molecule has 0 aromatic rings.